The molecule has 3 rings (SSSR count). The number of thiazole rings is 1. The first-order chi connectivity index (χ1) is 10.5. The third-order valence-corrected chi connectivity index (χ3v) is 6.64. The Hall–Kier alpha value is -1.40. The maximum absolute atomic E-state index is 12.5. The molecule has 1 aliphatic carbocycles. The number of aromatic nitrogens is 1. The second kappa shape index (κ2) is 6.01. The Bertz CT molecular complexity index is 771. The summed E-state index contributed by atoms with van der Waals surface area (Å²) in [6, 6.07) is 5.18. The van der Waals surface area contributed by atoms with Gasteiger partial charge < -0.3 is 0 Å². The average molecular weight is 336 g/mol. The number of nitrogens with one attached hydrogen (secondary N) is 1. The number of anilines is 1. The van der Waals surface area contributed by atoms with Gasteiger partial charge in [0.05, 0.1) is 10.6 Å². The van der Waals surface area contributed by atoms with Gasteiger partial charge in [0.1, 0.15) is 0 Å². The first-order valence-corrected chi connectivity index (χ1v) is 9.84. The molecule has 4 nitrogen and oxygen atoms in total. The second-order valence-corrected chi connectivity index (χ2v) is 8.57. The van der Waals surface area contributed by atoms with Gasteiger partial charge in [-0.3, -0.25) is 4.72 Å². The van der Waals surface area contributed by atoms with Crippen molar-refractivity contribution in [2.75, 3.05) is 4.72 Å². The molecule has 0 bridgehead atoms. The highest BCUT2D eigenvalue weighted by Crippen LogP contribution is 2.30. The quantitative estimate of drug-likeness (QED) is 0.867. The van der Waals surface area contributed by atoms with Gasteiger partial charge >= 0.3 is 0 Å². The molecule has 0 unspecified atom stereocenters. The largest absolute Gasteiger partial charge is 0.263 e. The number of sulfonamides is 1. The van der Waals surface area contributed by atoms with Crippen molar-refractivity contribution in [3.05, 3.63) is 39.9 Å². The minimum absolute atomic E-state index is 0.293. The van der Waals surface area contributed by atoms with Crippen LogP contribution in [-0.4, -0.2) is 13.4 Å². The first kappa shape index (κ1) is 15.5. The van der Waals surface area contributed by atoms with Gasteiger partial charge in [-0.25, -0.2) is 13.4 Å². The van der Waals surface area contributed by atoms with Crippen molar-refractivity contribution in [1.82, 2.24) is 4.98 Å². The van der Waals surface area contributed by atoms with E-state index in [0.717, 1.165) is 36.1 Å². The number of nitrogens with zero attached hydrogens (tertiary/aromatic N) is 1. The van der Waals surface area contributed by atoms with Gasteiger partial charge in [0, 0.05) is 4.88 Å². The van der Waals surface area contributed by atoms with Crippen LogP contribution in [0.25, 0.3) is 0 Å². The molecule has 0 spiro atoms. The molecule has 0 atom stereocenters. The molecule has 1 N–H and O–H groups in total. The van der Waals surface area contributed by atoms with Crippen molar-refractivity contribution in [2.45, 2.75) is 50.8 Å². The van der Waals surface area contributed by atoms with E-state index in [1.807, 2.05) is 19.9 Å². The summed E-state index contributed by atoms with van der Waals surface area (Å²) >= 11 is 1.48. The van der Waals surface area contributed by atoms with Crippen molar-refractivity contribution < 1.29 is 8.42 Å². The van der Waals surface area contributed by atoms with E-state index in [-0.39, 0.29) is 0 Å². The predicted octanol–water partition coefficient (Wildman–Crippen LogP) is 3.83. The number of fused-ring (bicyclic) bond motifs is 1. The standard InChI is InChI=1S/C16H20N2O2S2/c1-11-8-9-13(10-12(11)2)22(19,20)18-16-17-14-6-4-3-5-7-15(14)21-16/h8-10H,3-7H2,1-2H3,(H,17,18). The fourth-order valence-corrected chi connectivity index (χ4v) is 5.00. The van der Waals surface area contributed by atoms with Gasteiger partial charge in [0.2, 0.25) is 0 Å². The molecule has 2 aromatic rings. The average Bonchev–Trinajstić information content (AvgIpc) is 2.69. The van der Waals surface area contributed by atoms with Crippen molar-refractivity contribution in [2.24, 2.45) is 0 Å². The third kappa shape index (κ3) is 3.17. The van der Waals surface area contributed by atoms with E-state index in [2.05, 4.69) is 9.71 Å². The lowest BCUT2D eigenvalue weighted by molar-refractivity contribution is 0.601. The van der Waals surface area contributed by atoms with Crippen LogP contribution >= 0.6 is 11.3 Å². The van der Waals surface area contributed by atoms with Gasteiger partial charge in [-0.05, 0) is 62.8 Å². The number of rotatable bonds is 3. The van der Waals surface area contributed by atoms with E-state index in [0.29, 0.717) is 10.0 Å². The first-order valence-electron chi connectivity index (χ1n) is 7.54. The molecule has 1 aliphatic rings. The van der Waals surface area contributed by atoms with Gasteiger partial charge in [-0.1, -0.05) is 12.5 Å². The smallest absolute Gasteiger partial charge is 0.255 e. The lowest BCUT2D eigenvalue weighted by atomic mass is 10.1. The van der Waals surface area contributed by atoms with E-state index < -0.39 is 10.0 Å². The molecule has 6 heteroatoms. The topological polar surface area (TPSA) is 59.1 Å². The Labute approximate surface area is 135 Å². The number of aryl methyl sites for hydroxylation is 4. The summed E-state index contributed by atoms with van der Waals surface area (Å²) in [7, 11) is -3.56. The number of hydrogen-bond acceptors (Lipinski definition) is 4. The molecule has 118 valence electrons. The minimum Gasteiger partial charge on any atom is -0.255 e. The number of benzene rings is 1. The molecule has 0 amide bonds. The lowest BCUT2D eigenvalue weighted by Crippen LogP contribution is -2.13. The molecule has 0 fully saturated rings. The summed E-state index contributed by atoms with van der Waals surface area (Å²) in [6.45, 7) is 3.89. The third-order valence-electron chi connectivity index (χ3n) is 4.11. The summed E-state index contributed by atoms with van der Waals surface area (Å²) in [6.07, 6.45) is 5.50. The SMILES string of the molecule is Cc1ccc(S(=O)(=O)Nc2nc3c(s2)CCCCC3)cc1C. The second-order valence-electron chi connectivity index (χ2n) is 5.80. The van der Waals surface area contributed by atoms with Gasteiger partial charge in [0.25, 0.3) is 10.0 Å². The van der Waals surface area contributed by atoms with Crippen molar-refractivity contribution >= 4 is 26.5 Å². The highest BCUT2D eigenvalue weighted by atomic mass is 32.2. The molecule has 0 saturated heterocycles. The van der Waals surface area contributed by atoms with Crippen LogP contribution in [0, 0.1) is 13.8 Å². The molecular weight excluding hydrogens is 316 g/mol. The van der Waals surface area contributed by atoms with Crippen molar-refractivity contribution in [3.8, 4) is 0 Å². The molecule has 1 aromatic heterocycles. The van der Waals surface area contributed by atoms with Crippen molar-refractivity contribution in [3.63, 3.8) is 0 Å². The van der Waals surface area contributed by atoms with Crippen LogP contribution in [0.2, 0.25) is 0 Å². The Morgan fingerprint density at radius 1 is 1.09 bits per heavy atom. The minimum atomic E-state index is -3.56. The van der Waals surface area contributed by atoms with Crippen LogP contribution in [0.15, 0.2) is 23.1 Å². The highest BCUT2D eigenvalue weighted by Gasteiger charge is 2.19. The molecule has 1 aromatic carbocycles. The zero-order chi connectivity index (χ0) is 15.7. The Balaban J connectivity index is 1.86. The predicted molar refractivity (Wildman–Crippen MR) is 90.1 cm³/mol. The van der Waals surface area contributed by atoms with Crippen LogP contribution in [-0.2, 0) is 22.9 Å². The molecular formula is C16H20N2O2S2. The Morgan fingerprint density at radius 3 is 2.64 bits per heavy atom. The van der Waals surface area contributed by atoms with E-state index in [1.54, 1.807) is 12.1 Å². The van der Waals surface area contributed by atoms with Gasteiger partial charge in [-0.15, -0.1) is 11.3 Å². The van der Waals surface area contributed by atoms with E-state index in [9.17, 15) is 8.42 Å². The zero-order valence-electron chi connectivity index (χ0n) is 12.8. The lowest BCUT2D eigenvalue weighted by Gasteiger charge is -2.07. The Morgan fingerprint density at radius 2 is 1.86 bits per heavy atom. The fraction of sp³-hybridized carbons (Fsp3) is 0.438. The van der Waals surface area contributed by atoms with Crippen LogP contribution in [0.5, 0.6) is 0 Å². The fourth-order valence-electron chi connectivity index (χ4n) is 2.63. The van der Waals surface area contributed by atoms with E-state index in [1.165, 1.54) is 29.1 Å². The molecule has 0 radical (unpaired) electrons. The van der Waals surface area contributed by atoms with E-state index >= 15 is 0 Å². The van der Waals surface area contributed by atoms with Crippen LogP contribution in [0.1, 0.15) is 41.0 Å². The van der Waals surface area contributed by atoms with Gasteiger partial charge in [-0.2, -0.15) is 0 Å². The zero-order valence-corrected chi connectivity index (χ0v) is 14.5. The summed E-state index contributed by atoms with van der Waals surface area (Å²) in [5, 5.41) is 0.491. The monoisotopic (exact) mass is 336 g/mol. The normalized spacial score (nSPS) is 15.2. The van der Waals surface area contributed by atoms with E-state index in [4.69, 9.17) is 0 Å². The maximum atomic E-state index is 12.5. The molecule has 0 saturated carbocycles. The highest BCUT2D eigenvalue weighted by molar-refractivity contribution is 7.93. The van der Waals surface area contributed by atoms with Crippen LogP contribution in [0.4, 0.5) is 5.13 Å². The summed E-state index contributed by atoms with van der Waals surface area (Å²) in [5.41, 5.74) is 3.12. The molecule has 22 heavy (non-hydrogen) atoms. The summed E-state index contributed by atoms with van der Waals surface area (Å²) in [5.74, 6) is 0. The number of hydrogen-bond donors (Lipinski definition) is 1. The van der Waals surface area contributed by atoms with Gasteiger partial charge in [0.15, 0.2) is 5.13 Å². The molecule has 0 aliphatic heterocycles. The summed E-state index contributed by atoms with van der Waals surface area (Å²) in [4.78, 5) is 6.01. The van der Waals surface area contributed by atoms with Crippen LogP contribution in [0.3, 0.4) is 0 Å². The van der Waals surface area contributed by atoms with Crippen LogP contribution < -0.4 is 4.72 Å². The summed E-state index contributed by atoms with van der Waals surface area (Å²) < 4.78 is 27.6. The van der Waals surface area contributed by atoms with Crippen molar-refractivity contribution in [1.29, 1.82) is 0 Å². The Kier molecular flexibility index (Phi) is 4.23. The maximum Gasteiger partial charge on any atom is 0.263 e. The molecule has 1 heterocycles.